The van der Waals surface area contributed by atoms with Crippen LogP contribution in [0.4, 0.5) is 4.39 Å². The van der Waals surface area contributed by atoms with Crippen LogP contribution >= 0.6 is 12.4 Å². The second-order valence-corrected chi connectivity index (χ2v) is 3.35. The summed E-state index contributed by atoms with van der Waals surface area (Å²) < 4.78 is 23.4. The van der Waals surface area contributed by atoms with Gasteiger partial charge in [0.15, 0.2) is 18.2 Å². The van der Waals surface area contributed by atoms with Crippen molar-refractivity contribution in [2.45, 2.75) is 13.2 Å². The van der Waals surface area contributed by atoms with Crippen molar-refractivity contribution in [3.05, 3.63) is 41.8 Å². The molecule has 0 aliphatic carbocycles. The van der Waals surface area contributed by atoms with Gasteiger partial charge in [-0.15, -0.1) is 12.4 Å². The molecule has 0 fully saturated rings. The fourth-order valence-corrected chi connectivity index (χ4v) is 1.28. The molecular formula is C11H13ClFN3O2. The van der Waals surface area contributed by atoms with Gasteiger partial charge in [-0.1, -0.05) is 17.3 Å². The molecule has 1 N–H and O–H groups in total. The number of aromatic nitrogens is 2. The molecule has 0 saturated carbocycles. The summed E-state index contributed by atoms with van der Waals surface area (Å²) in [5.41, 5.74) is 0. The first-order valence-electron chi connectivity index (χ1n) is 5.13. The minimum absolute atomic E-state index is 0. The molecule has 5 nitrogen and oxygen atoms in total. The van der Waals surface area contributed by atoms with E-state index in [-0.39, 0.29) is 24.8 Å². The Balaban J connectivity index is 0.00000162. The Kier molecular flexibility index (Phi) is 5.54. The van der Waals surface area contributed by atoms with Gasteiger partial charge in [-0.2, -0.15) is 4.98 Å². The van der Waals surface area contributed by atoms with Crippen molar-refractivity contribution >= 4 is 12.4 Å². The lowest BCUT2D eigenvalue weighted by atomic mass is 10.3. The summed E-state index contributed by atoms with van der Waals surface area (Å²) in [4.78, 5) is 4.06. The van der Waals surface area contributed by atoms with Gasteiger partial charge in [0.05, 0.1) is 6.54 Å². The van der Waals surface area contributed by atoms with Gasteiger partial charge in [-0.3, -0.25) is 0 Å². The van der Waals surface area contributed by atoms with E-state index in [9.17, 15) is 4.39 Å². The predicted molar refractivity (Wildman–Crippen MR) is 65.0 cm³/mol. The van der Waals surface area contributed by atoms with Gasteiger partial charge < -0.3 is 14.6 Å². The van der Waals surface area contributed by atoms with Crippen LogP contribution in [-0.4, -0.2) is 17.2 Å². The van der Waals surface area contributed by atoms with E-state index >= 15 is 0 Å². The summed E-state index contributed by atoms with van der Waals surface area (Å²) >= 11 is 0. The second kappa shape index (κ2) is 6.93. The Bertz CT molecular complexity index is 493. The molecule has 0 bridgehead atoms. The van der Waals surface area contributed by atoms with E-state index in [1.807, 2.05) is 0 Å². The van der Waals surface area contributed by atoms with Crippen LogP contribution < -0.4 is 10.1 Å². The predicted octanol–water partition coefficient (Wildman–Crippen LogP) is 1.93. The van der Waals surface area contributed by atoms with Crippen LogP contribution in [0, 0.1) is 5.82 Å². The van der Waals surface area contributed by atoms with Crippen LogP contribution in [0.25, 0.3) is 0 Å². The zero-order chi connectivity index (χ0) is 12.1. The number of hydrogen-bond acceptors (Lipinski definition) is 5. The highest BCUT2D eigenvalue weighted by Gasteiger charge is 2.07. The largest absolute Gasteiger partial charge is 0.482 e. The maximum Gasteiger partial charge on any atom is 0.240 e. The molecule has 7 heteroatoms. The van der Waals surface area contributed by atoms with Crippen LogP contribution in [-0.2, 0) is 13.2 Å². The Morgan fingerprint density at radius 2 is 2.17 bits per heavy atom. The summed E-state index contributed by atoms with van der Waals surface area (Å²) in [6, 6.07) is 6.17. The van der Waals surface area contributed by atoms with Crippen molar-refractivity contribution in [2.24, 2.45) is 0 Å². The summed E-state index contributed by atoms with van der Waals surface area (Å²) in [6.07, 6.45) is 0. The molecule has 0 radical (unpaired) electrons. The molecule has 18 heavy (non-hydrogen) atoms. The number of nitrogens with zero attached hydrogens (tertiary/aromatic N) is 2. The summed E-state index contributed by atoms with van der Waals surface area (Å²) in [7, 11) is 1.78. The topological polar surface area (TPSA) is 60.2 Å². The van der Waals surface area contributed by atoms with E-state index in [1.165, 1.54) is 6.07 Å². The highest BCUT2D eigenvalue weighted by atomic mass is 35.5. The Labute approximate surface area is 110 Å². The van der Waals surface area contributed by atoms with Gasteiger partial charge in [-0.05, 0) is 19.2 Å². The number of hydrogen-bond donors (Lipinski definition) is 1. The van der Waals surface area contributed by atoms with E-state index < -0.39 is 5.82 Å². The highest BCUT2D eigenvalue weighted by Crippen LogP contribution is 2.16. The first-order valence-corrected chi connectivity index (χ1v) is 5.13. The molecule has 0 aliphatic heterocycles. The molecule has 0 spiro atoms. The molecule has 2 rings (SSSR count). The van der Waals surface area contributed by atoms with Crippen molar-refractivity contribution in [3.8, 4) is 5.75 Å². The number of rotatable bonds is 5. The first kappa shape index (κ1) is 14.4. The lowest BCUT2D eigenvalue weighted by Gasteiger charge is -2.03. The van der Waals surface area contributed by atoms with Gasteiger partial charge in [0.1, 0.15) is 0 Å². The van der Waals surface area contributed by atoms with E-state index in [2.05, 4.69) is 15.5 Å². The number of halogens is 2. The molecule has 0 amide bonds. The summed E-state index contributed by atoms with van der Waals surface area (Å²) in [5, 5.41) is 6.59. The van der Waals surface area contributed by atoms with Gasteiger partial charge in [-0.25, -0.2) is 4.39 Å². The van der Waals surface area contributed by atoms with Crippen molar-refractivity contribution < 1.29 is 13.7 Å². The summed E-state index contributed by atoms with van der Waals surface area (Å²) in [5.74, 6) is 0.622. The highest BCUT2D eigenvalue weighted by molar-refractivity contribution is 5.85. The fourth-order valence-electron chi connectivity index (χ4n) is 1.28. The van der Waals surface area contributed by atoms with Crippen molar-refractivity contribution in [3.63, 3.8) is 0 Å². The summed E-state index contributed by atoms with van der Waals surface area (Å²) in [6.45, 7) is 0.570. The minimum Gasteiger partial charge on any atom is -0.482 e. The quantitative estimate of drug-likeness (QED) is 0.902. The first-order chi connectivity index (χ1) is 8.29. The van der Waals surface area contributed by atoms with Crippen molar-refractivity contribution in [2.75, 3.05) is 7.05 Å². The van der Waals surface area contributed by atoms with Crippen LogP contribution in [0.5, 0.6) is 5.75 Å². The second-order valence-electron chi connectivity index (χ2n) is 3.35. The van der Waals surface area contributed by atoms with Gasteiger partial charge in [0, 0.05) is 0 Å². The Morgan fingerprint density at radius 3 is 2.89 bits per heavy atom. The SMILES string of the molecule is CNCc1nc(COc2ccccc2F)no1.Cl. The van der Waals surface area contributed by atoms with Crippen LogP contribution in [0.1, 0.15) is 11.7 Å². The van der Waals surface area contributed by atoms with E-state index in [0.29, 0.717) is 18.3 Å². The van der Waals surface area contributed by atoms with Crippen LogP contribution in [0.15, 0.2) is 28.8 Å². The molecule has 1 aromatic heterocycles. The van der Waals surface area contributed by atoms with Gasteiger partial charge in [0.2, 0.25) is 11.7 Å². The maximum atomic E-state index is 13.2. The number of benzene rings is 1. The lowest BCUT2D eigenvalue weighted by molar-refractivity contribution is 0.272. The number of para-hydroxylation sites is 1. The molecule has 1 aromatic carbocycles. The van der Waals surface area contributed by atoms with Crippen molar-refractivity contribution in [1.82, 2.24) is 15.5 Å². The molecule has 0 atom stereocenters. The molecular weight excluding hydrogens is 261 g/mol. The zero-order valence-corrected chi connectivity index (χ0v) is 10.5. The standard InChI is InChI=1S/C11H12FN3O2.ClH/c1-13-6-11-14-10(15-17-11)7-16-9-5-3-2-4-8(9)12;/h2-5,13H,6-7H2,1H3;1H. The van der Waals surface area contributed by atoms with Crippen LogP contribution in [0.2, 0.25) is 0 Å². The average Bonchev–Trinajstić information content (AvgIpc) is 2.76. The van der Waals surface area contributed by atoms with Crippen molar-refractivity contribution in [1.29, 1.82) is 0 Å². The van der Waals surface area contributed by atoms with E-state index in [4.69, 9.17) is 9.26 Å². The third kappa shape index (κ3) is 3.68. The Morgan fingerprint density at radius 1 is 1.39 bits per heavy atom. The molecule has 98 valence electrons. The van der Waals surface area contributed by atoms with Crippen LogP contribution in [0.3, 0.4) is 0 Å². The normalized spacial score (nSPS) is 9.89. The third-order valence-corrected chi connectivity index (χ3v) is 2.03. The molecule has 2 aromatic rings. The smallest absolute Gasteiger partial charge is 0.240 e. The lowest BCUT2D eigenvalue weighted by Crippen LogP contribution is -2.05. The van der Waals surface area contributed by atoms with E-state index in [1.54, 1.807) is 25.2 Å². The molecule has 0 aliphatic rings. The maximum absolute atomic E-state index is 13.2. The number of ether oxygens (including phenoxy) is 1. The molecule has 0 unspecified atom stereocenters. The van der Waals surface area contributed by atoms with E-state index in [0.717, 1.165) is 0 Å². The Hall–Kier alpha value is -1.66. The monoisotopic (exact) mass is 273 g/mol. The molecule has 1 heterocycles. The number of nitrogens with one attached hydrogen (secondary N) is 1. The third-order valence-electron chi connectivity index (χ3n) is 2.03. The molecule has 0 saturated heterocycles. The van der Waals surface area contributed by atoms with Gasteiger partial charge >= 0.3 is 0 Å². The van der Waals surface area contributed by atoms with Gasteiger partial charge in [0.25, 0.3) is 0 Å². The minimum atomic E-state index is -0.411. The zero-order valence-electron chi connectivity index (χ0n) is 9.72. The fraction of sp³-hybridized carbons (Fsp3) is 0.273. The average molecular weight is 274 g/mol.